The smallest absolute Gasteiger partial charge is 0.354 e. The number of para-hydroxylation sites is 1. The number of anilines is 1. The lowest BCUT2D eigenvalue weighted by Crippen LogP contribution is -2.24. The lowest BCUT2D eigenvalue weighted by molar-refractivity contribution is -0.138. The second-order valence-corrected chi connectivity index (χ2v) is 7.07. The van der Waals surface area contributed by atoms with Crippen LogP contribution in [0.25, 0.3) is 0 Å². The van der Waals surface area contributed by atoms with Gasteiger partial charge in [0.05, 0.1) is 6.61 Å². The van der Waals surface area contributed by atoms with Crippen LogP contribution in [0.15, 0.2) is 84.6 Å². The van der Waals surface area contributed by atoms with Crippen molar-refractivity contribution in [1.82, 2.24) is 0 Å². The van der Waals surface area contributed by atoms with Gasteiger partial charge in [0.25, 0.3) is 0 Å². The summed E-state index contributed by atoms with van der Waals surface area (Å²) in [5.74, 6) is -2.01. The number of ketones is 3. The zero-order chi connectivity index (χ0) is 22.7. The standard InChI is InChI=1S/C26H19NO5/c1-2-32-26(31)21(27-16-9-4-3-5-10-16)15-22(28)19-13-8-14-20-23(19)25(30)18-12-7-6-11-17(18)24(20)29/h3-15,27H,2H2,1H3/b21-15-. The number of rotatable bonds is 6. The van der Waals surface area contributed by atoms with Crippen molar-refractivity contribution in [2.45, 2.75) is 6.92 Å². The van der Waals surface area contributed by atoms with Crippen molar-refractivity contribution in [2.24, 2.45) is 0 Å². The molecular formula is C26H19NO5. The second kappa shape index (κ2) is 8.81. The number of carbonyl (C=O) groups excluding carboxylic acids is 4. The summed E-state index contributed by atoms with van der Waals surface area (Å²) in [7, 11) is 0. The number of benzene rings is 3. The highest BCUT2D eigenvalue weighted by atomic mass is 16.5. The fourth-order valence-corrected chi connectivity index (χ4v) is 3.59. The van der Waals surface area contributed by atoms with Gasteiger partial charge in [0, 0.05) is 39.6 Å². The van der Waals surface area contributed by atoms with Gasteiger partial charge in [0.1, 0.15) is 5.70 Å². The molecule has 0 aromatic heterocycles. The van der Waals surface area contributed by atoms with E-state index in [0.717, 1.165) is 6.08 Å². The number of nitrogens with one attached hydrogen (secondary N) is 1. The van der Waals surface area contributed by atoms with Crippen LogP contribution in [-0.2, 0) is 9.53 Å². The molecule has 0 bridgehead atoms. The third kappa shape index (κ3) is 3.86. The van der Waals surface area contributed by atoms with E-state index in [1.807, 2.05) is 6.07 Å². The first-order valence-corrected chi connectivity index (χ1v) is 10.1. The minimum Gasteiger partial charge on any atom is -0.461 e. The Bertz CT molecular complexity index is 1270. The summed E-state index contributed by atoms with van der Waals surface area (Å²) in [4.78, 5) is 51.7. The molecular weight excluding hydrogens is 406 g/mol. The molecule has 0 radical (unpaired) electrons. The van der Waals surface area contributed by atoms with Crippen molar-refractivity contribution in [1.29, 1.82) is 0 Å². The van der Waals surface area contributed by atoms with Crippen LogP contribution in [0.4, 0.5) is 5.69 Å². The van der Waals surface area contributed by atoms with E-state index < -0.39 is 17.5 Å². The second-order valence-electron chi connectivity index (χ2n) is 7.07. The van der Waals surface area contributed by atoms with Gasteiger partial charge in [-0.05, 0) is 19.1 Å². The predicted molar refractivity (Wildman–Crippen MR) is 119 cm³/mol. The van der Waals surface area contributed by atoms with Gasteiger partial charge in [-0.3, -0.25) is 14.4 Å². The molecule has 0 heterocycles. The van der Waals surface area contributed by atoms with E-state index in [9.17, 15) is 19.2 Å². The zero-order valence-corrected chi connectivity index (χ0v) is 17.3. The lowest BCUT2D eigenvalue weighted by atomic mass is 9.81. The Morgan fingerprint density at radius 1 is 0.812 bits per heavy atom. The monoisotopic (exact) mass is 425 g/mol. The predicted octanol–water partition coefficient (Wildman–Crippen LogP) is 4.20. The number of ether oxygens (including phenoxy) is 1. The molecule has 3 aromatic carbocycles. The summed E-state index contributed by atoms with van der Waals surface area (Å²) in [5, 5.41) is 2.89. The quantitative estimate of drug-likeness (QED) is 0.283. The first-order valence-electron chi connectivity index (χ1n) is 10.1. The third-order valence-electron chi connectivity index (χ3n) is 5.04. The van der Waals surface area contributed by atoms with Gasteiger partial charge >= 0.3 is 5.97 Å². The van der Waals surface area contributed by atoms with Gasteiger partial charge in [0.2, 0.25) is 0 Å². The Morgan fingerprint density at radius 2 is 1.44 bits per heavy atom. The minimum absolute atomic E-state index is 0.0420. The molecule has 4 rings (SSSR count). The van der Waals surface area contributed by atoms with Crippen LogP contribution in [0.5, 0.6) is 0 Å². The average molecular weight is 425 g/mol. The Morgan fingerprint density at radius 3 is 2.12 bits per heavy atom. The van der Waals surface area contributed by atoms with E-state index in [1.54, 1.807) is 61.5 Å². The van der Waals surface area contributed by atoms with Crippen molar-refractivity contribution >= 4 is 29.0 Å². The van der Waals surface area contributed by atoms with Crippen molar-refractivity contribution in [3.8, 4) is 0 Å². The highest BCUT2D eigenvalue weighted by molar-refractivity contribution is 6.31. The van der Waals surface area contributed by atoms with E-state index in [4.69, 9.17) is 4.74 Å². The summed E-state index contributed by atoms with van der Waals surface area (Å²) in [6.07, 6.45) is 1.10. The zero-order valence-electron chi connectivity index (χ0n) is 17.3. The fraction of sp³-hybridized carbons (Fsp3) is 0.0769. The van der Waals surface area contributed by atoms with Crippen LogP contribution in [0, 0.1) is 0 Å². The van der Waals surface area contributed by atoms with Crippen molar-refractivity contribution in [2.75, 3.05) is 11.9 Å². The van der Waals surface area contributed by atoms with Crippen LogP contribution in [0.1, 0.15) is 49.1 Å². The maximum atomic E-state index is 13.2. The molecule has 0 saturated heterocycles. The molecule has 1 N–H and O–H groups in total. The van der Waals surface area contributed by atoms with Gasteiger partial charge in [-0.2, -0.15) is 0 Å². The molecule has 3 aromatic rings. The largest absolute Gasteiger partial charge is 0.461 e. The molecule has 0 unspecified atom stereocenters. The maximum Gasteiger partial charge on any atom is 0.354 e. The molecule has 0 spiro atoms. The molecule has 0 saturated carbocycles. The molecule has 32 heavy (non-hydrogen) atoms. The topological polar surface area (TPSA) is 89.5 Å². The summed E-state index contributed by atoms with van der Waals surface area (Å²) < 4.78 is 5.07. The van der Waals surface area contributed by atoms with Crippen LogP contribution in [0.3, 0.4) is 0 Å². The van der Waals surface area contributed by atoms with Crippen LogP contribution in [0.2, 0.25) is 0 Å². The number of allylic oxidation sites excluding steroid dienone is 1. The highest BCUT2D eigenvalue weighted by Gasteiger charge is 2.32. The van der Waals surface area contributed by atoms with Gasteiger partial charge < -0.3 is 10.1 Å². The number of esters is 1. The molecule has 1 aliphatic carbocycles. The lowest BCUT2D eigenvalue weighted by Gasteiger charge is -2.19. The van der Waals surface area contributed by atoms with Crippen molar-refractivity contribution in [3.05, 3.63) is 112 Å². The molecule has 1 aliphatic rings. The number of hydrogen-bond acceptors (Lipinski definition) is 6. The normalized spacial score (nSPS) is 12.6. The van der Waals surface area contributed by atoms with E-state index in [0.29, 0.717) is 11.3 Å². The molecule has 0 fully saturated rings. The SMILES string of the molecule is CCOC(=O)/C(=C/C(=O)c1cccc2c1C(=O)c1ccccc1C2=O)Nc1ccccc1. The molecule has 6 heteroatoms. The average Bonchev–Trinajstić information content (AvgIpc) is 2.82. The number of fused-ring (bicyclic) bond motifs is 2. The molecule has 158 valence electrons. The third-order valence-corrected chi connectivity index (χ3v) is 5.04. The Labute approximate surface area is 184 Å². The molecule has 0 amide bonds. The van der Waals surface area contributed by atoms with Crippen LogP contribution >= 0.6 is 0 Å². The van der Waals surface area contributed by atoms with Crippen LogP contribution in [-0.4, -0.2) is 29.9 Å². The van der Waals surface area contributed by atoms with E-state index >= 15 is 0 Å². The first-order chi connectivity index (χ1) is 15.5. The van der Waals surface area contributed by atoms with Gasteiger partial charge in [-0.25, -0.2) is 4.79 Å². The van der Waals surface area contributed by atoms with Gasteiger partial charge in [-0.1, -0.05) is 60.7 Å². The van der Waals surface area contributed by atoms with Crippen molar-refractivity contribution in [3.63, 3.8) is 0 Å². The fourth-order valence-electron chi connectivity index (χ4n) is 3.59. The summed E-state index contributed by atoms with van der Waals surface area (Å²) in [6, 6.07) is 19.9. The molecule has 6 nitrogen and oxygen atoms in total. The summed E-state index contributed by atoms with van der Waals surface area (Å²) in [6.45, 7) is 1.79. The van der Waals surface area contributed by atoms with Gasteiger partial charge in [-0.15, -0.1) is 0 Å². The summed E-state index contributed by atoms with van der Waals surface area (Å²) >= 11 is 0. The molecule has 0 atom stereocenters. The maximum absolute atomic E-state index is 13.2. The van der Waals surface area contributed by atoms with E-state index in [2.05, 4.69) is 5.32 Å². The Hall–Kier alpha value is -4.32. The highest BCUT2D eigenvalue weighted by Crippen LogP contribution is 2.30. The van der Waals surface area contributed by atoms with E-state index in [1.165, 1.54) is 12.1 Å². The van der Waals surface area contributed by atoms with Crippen LogP contribution < -0.4 is 5.32 Å². The number of hydrogen-bond donors (Lipinski definition) is 1. The number of carbonyl (C=O) groups is 4. The Balaban J connectivity index is 1.77. The van der Waals surface area contributed by atoms with Gasteiger partial charge in [0.15, 0.2) is 17.3 Å². The minimum atomic E-state index is -0.706. The van der Waals surface area contributed by atoms with E-state index in [-0.39, 0.29) is 40.3 Å². The first kappa shape index (κ1) is 20.9. The molecule has 0 aliphatic heterocycles. The Kier molecular flexibility index (Phi) is 5.77. The van der Waals surface area contributed by atoms with Crippen molar-refractivity contribution < 1.29 is 23.9 Å². The summed E-state index contributed by atoms with van der Waals surface area (Å²) in [5.41, 5.74) is 1.34.